The summed E-state index contributed by atoms with van der Waals surface area (Å²) in [6.07, 6.45) is 2.37. The molecule has 1 fully saturated rings. The second-order valence-electron chi connectivity index (χ2n) is 5.33. The summed E-state index contributed by atoms with van der Waals surface area (Å²) >= 11 is 5.17. The number of halogens is 2. The highest BCUT2D eigenvalue weighted by atomic mass is 127. The number of rotatable bonds is 5. The van der Waals surface area contributed by atoms with E-state index in [0.717, 1.165) is 23.0 Å². The molecule has 1 aliphatic heterocycles. The molecule has 0 unspecified atom stereocenters. The third kappa shape index (κ3) is 7.14. The van der Waals surface area contributed by atoms with Crippen molar-refractivity contribution >= 4 is 63.3 Å². The number of piperidine rings is 1. The number of ether oxygens (including phenoxy) is 1. The van der Waals surface area contributed by atoms with Crippen LogP contribution in [0.4, 0.5) is 4.79 Å². The van der Waals surface area contributed by atoms with E-state index < -0.39 is 0 Å². The second-order valence-corrected chi connectivity index (χ2v) is 7.87. The molecule has 0 spiro atoms. The van der Waals surface area contributed by atoms with Crippen LogP contribution in [0, 0.1) is 0 Å². The van der Waals surface area contributed by atoms with Crippen molar-refractivity contribution in [2.75, 3.05) is 26.2 Å². The van der Waals surface area contributed by atoms with Crippen LogP contribution in [0.2, 0.25) is 0 Å². The Morgan fingerprint density at radius 1 is 1.50 bits per heavy atom. The van der Waals surface area contributed by atoms with Crippen molar-refractivity contribution in [1.29, 1.82) is 0 Å². The van der Waals surface area contributed by atoms with Crippen molar-refractivity contribution in [3.63, 3.8) is 0 Å². The number of amides is 1. The highest BCUT2D eigenvalue weighted by molar-refractivity contribution is 14.0. The quantitative estimate of drug-likeness (QED) is 0.348. The van der Waals surface area contributed by atoms with Crippen molar-refractivity contribution in [2.45, 2.75) is 32.2 Å². The maximum atomic E-state index is 11.6. The number of carbonyl (C=O) groups is 1. The molecule has 1 aromatic heterocycles. The van der Waals surface area contributed by atoms with Crippen LogP contribution in [-0.2, 0) is 11.2 Å². The molecule has 2 rings (SSSR count). The van der Waals surface area contributed by atoms with Gasteiger partial charge < -0.3 is 20.7 Å². The number of nitrogens with zero attached hydrogens (tertiary/aromatic N) is 2. The number of thiophene rings is 1. The number of guanidine groups is 1. The number of nitrogens with two attached hydrogens (primary N) is 1. The van der Waals surface area contributed by atoms with Gasteiger partial charge in [-0.2, -0.15) is 0 Å². The first kappa shape index (κ1) is 21.5. The number of nitrogens with one attached hydrogen (secondary N) is 1. The van der Waals surface area contributed by atoms with Gasteiger partial charge in [0, 0.05) is 37.0 Å². The molecule has 24 heavy (non-hydrogen) atoms. The van der Waals surface area contributed by atoms with E-state index in [1.165, 1.54) is 4.88 Å². The molecule has 0 radical (unpaired) electrons. The minimum Gasteiger partial charge on any atom is -0.450 e. The molecular formula is C15H24BrIN4O2S. The summed E-state index contributed by atoms with van der Waals surface area (Å²) in [5, 5.41) is 3.24. The molecule has 0 saturated carbocycles. The van der Waals surface area contributed by atoms with Gasteiger partial charge in [-0.25, -0.2) is 4.79 Å². The van der Waals surface area contributed by atoms with E-state index in [4.69, 9.17) is 10.5 Å². The Hall–Kier alpha value is -0.550. The first-order valence-electron chi connectivity index (χ1n) is 7.81. The van der Waals surface area contributed by atoms with Crippen molar-refractivity contribution in [1.82, 2.24) is 10.2 Å². The zero-order valence-corrected chi connectivity index (χ0v) is 18.4. The van der Waals surface area contributed by atoms with Gasteiger partial charge in [0.25, 0.3) is 0 Å². The third-order valence-corrected chi connectivity index (χ3v) is 5.33. The van der Waals surface area contributed by atoms with Gasteiger partial charge >= 0.3 is 6.09 Å². The van der Waals surface area contributed by atoms with Crippen LogP contribution in [-0.4, -0.2) is 49.2 Å². The first-order valence-corrected chi connectivity index (χ1v) is 9.41. The van der Waals surface area contributed by atoms with Gasteiger partial charge in [0.1, 0.15) is 0 Å². The van der Waals surface area contributed by atoms with Crippen LogP contribution in [0.1, 0.15) is 24.6 Å². The molecule has 1 saturated heterocycles. The van der Waals surface area contributed by atoms with E-state index in [1.807, 2.05) is 13.0 Å². The standard InChI is InChI=1S/C15H23BrN4O2S.HI/c1-2-22-15(21)20-9-6-11(7-10-20)19-14(17)18-8-5-12-3-4-13(16)23-12;/h3-4,11H,2,5-10H2,1H3,(H3,17,18,19);1H. The molecule has 1 aromatic rings. The monoisotopic (exact) mass is 530 g/mol. The van der Waals surface area contributed by atoms with Crippen LogP contribution >= 0.6 is 51.2 Å². The summed E-state index contributed by atoms with van der Waals surface area (Å²) in [6.45, 7) is 4.28. The number of hydrogen-bond donors (Lipinski definition) is 2. The lowest BCUT2D eigenvalue weighted by molar-refractivity contribution is 0.0963. The zero-order chi connectivity index (χ0) is 16.7. The predicted molar refractivity (Wildman–Crippen MR) is 112 cm³/mol. The van der Waals surface area contributed by atoms with Crippen LogP contribution in [0.5, 0.6) is 0 Å². The zero-order valence-electron chi connectivity index (χ0n) is 13.7. The van der Waals surface area contributed by atoms with Crippen LogP contribution in [0.25, 0.3) is 0 Å². The van der Waals surface area contributed by atoms with E-state index in [0.29, 0.717) is 32.2 Å². The maximum Gasteiger partial charge on any atom is 0.409 e. The lowest BCUT2D eigenvalue weighted by Crippen LogP contribution is -2.48. The van der Waals surface area contributed by atoms with Crippen molar-refractivity contribution < 1.29 is 9.53 Å². The molecule has 0 aliphatic carbocycles. The Morgan fingerprint density at radius 3 is 2.79 bits per heavy atom. The summed E-state index contributed by atoms with van der Waals surface area (Å²) in [7, 11) is 0. The average Bonchev–Trinajstić information content (AvgIpc) is 2.93. The summed E-state index contributed by atoms with van der Waals surface area (Å²) in [5.74, 6) is 0.482. The summed E-state index contributed by atoms with van der Waals surface area (Å²) in [6, 6.07) is 4.40. The van der Waals surface area contributed by atoms with Gasteiger partial charge in [0.15, 0.2) is 5.96 Å². The van der Waals surface area contributed by atoms with Gasteiger partial charge in [-0.15, -0.1) is 35.3 Å². The lowest BCUT2D eigenvalue weighted by Gasteiger charge is -2.31. The van der Waals surface area contributed by atoms with E-state index in [-0.39, 0.29) is 36.1 Å². The van der Waals surface area contributed by atoms with Crippen molar-refractivity contribution in [3.8, 4) is 0 Å². The molecule has 1 amide bonds. The van der Waals surface area contributed by atoms with E-state index in [2.05, 4.69) is 32.3 Å². The number of likely N-dealkylation sites (tertiary alicyclic amines) is 1. The molecule has 1 aliphatic rings. The summed E-state index contributed by atoms with van der Waals surface area (Å²) < 4.78 is 6.15. The predicted octanol–water partition coefficient (Wildman–Crippen LogP) is 3.20. The maximum absolute atomic E-state index is 11.6. The van der Waals surface area contributed by atoms with Crippen LogP contribution in [0.3, 0.4) is 0 Å². The van der Waals surface area contributed by atoms with E-state index in [9.17, 15) is 4.79 Å². The third-order valence-electron chi connectivity index (χ3n) is 3.64. The lowest BCUT2D eigenvalue weighted by atomic mass is 10.1. The molecule has 3 N–H and O–H groups in total. The van der Waals surface area contributed by atoms with Gasteiger partial charge in [-0.3, -0.25) is 4.99 Å². The SMILES string of the molecule is CCOC(=O)N1CCC(NC(N)=NCCc2ccc(Br)s2)CC1.I. The Kier molecular flexibility index (Phi) is 9.98. The average molecular weight is 531 g/mol. The minimum absolute atomic E-state index is 0. The fourth-order valence-electron chi connectivity index (χ4n) is 2.45. The van der Waals surface area contributed by atoms with Crippen molar-refractivity contribution in [3.05, 3.63) is 20.8 Å². The largest absolute Gasteiger partial charge is 0.450 e. The van der Waals surface area contributed by atoms with Gasteiger partial charge in [0.2, 0.25) is 0 Å². The van der Waals surface area contributed by atoms with E-state index >= 15 is 0 Å². The van der Waals surface area contributed by atoms with Gasteiger partial charge in [-0.1, -0.05) is 0 Å². The number of aliphatic imine (C=N–C) groups is 1. The highest BCUT2D eigenvalue weighted by Gasteiger charge is 2.23. The van der Waals surface area contributed by atoms with E-state index in [1.54, 1.807) is 16.2 Å². The molecule has 9 heteroatoms. The van der Waals surface area contributed by atoms with Gasteiger partial charge in [-0.05, 0) is 47.8 Å². The molecule has 0 aromatic carbocycles. The second kappa shape index (κ2) is 11.1. The molecule has 6 nitrogen and oxygen atoms in total. The molecule has 0 bridgehead atoms. The van der Waals surface area contributed by atoms with Crippen LogP contribution < -0.4 is 11.1 Å². The topological polar surface area (TPSA) is 80.0 Å². The Balaban J connectivity index is 0.00000288. The highest BCUT2D eigenvalue weighted by Crippen LogP contribution is 2.22. The number of hydrogen-bond acceptors (Lipinski definition) is 4. The Bertz CT molecular complexity index is 547. The number of carbonyl (C=O) groups excluding carboxylic acids is 1. The van der Waals surface area contributed by atoms with Crippen LogP contribution in [0.15, 0.2) is 20.9 Å². The van der Waals surface area contributed by atoms with Gasteiger partial charge in [0.05, 0.1) is 10.4 Å². The first-order chi connectivity index (χ1) is 11.1. The Labute approximate surface area is 172 Å². The molecule has 0 atom stereocenters. The fourth-order valence-corrected chi connectivity index (χ4v) is 3.92. The smallest absolute Gasteiger partial charge is 0.409 e. The molecule has 2 heterocycles. The Morgan fingerprint density at radius 2 is 2.21 bits per heavy atom. The molecular weight excluding hydrogens is 507 g/mol. The molecule has 136 valence electrons. The summed E-state index contributed by atoms with van der Waals surface area (Å²) in [4.78, 5) is 19.0. The summed E-state index contributed by atoms with van der Waals surface area (Å²) in [5.41, 5.74) is 5.94. The minimum atomic E-state index is -0.227. The fraction of sp³-hybridized carbons (Fsp3) is 0.600. The normalized spacial score (nSPS) is 15.8. The van der Waals surface area contributed by atoms with Crippen molar-refractivity contribution in [2.24, 2.45) is 10.7 Å².